The molecule has 0 aromatic heterocycles. The smallest absolute Gasteiger partial charge is 0.295 e. The van der Waals surface area contributed by atoms with Gasteiger partial charge in [0.2, 0.25) is 0 Å². The van der Waals surface area contributed by atoms with Crippen LogP contribution in [-0.2, 0) is 22.6 Å². The first kappa shape index (κ1) is 28.2. The van der Waals surface area contributed by atoms with E-state index in [2.05, 4.69) is 0 Å². The highest BCUT2D eigenvalue weighted by Gasteiger charge is 2.46. The summed E-state index contributed by atoms with van der Waals surface area (Å²) in [5.41, 5.74) is 3.16. The van der Waals surface area contributed by atoms with E-state index in [1.807, 2.05) is 75.3 Å². The minimum Gasteiger partial charge on any atom is -0.507 e. The predicted molar refractivity (Wildman–Crippen MR) is 156 cm³/mol. The number of nitrogens with zero attached hydrogens (tertiary/aromatic N) is 2. The van der Waals surface area contributed by atoms with Crippen LogP contribution in [0.1, 0.15) is 42.1 Å². The number of rotatable bonds is 10. The largest absolute Gasteiger partial charge is 0.507 e. The quantitative estimate of drug-likeness (QED) is 0.214. The van der Waals surface area contributed by atoms with Gasteiger partial charge in [0.05, 0.1) is 18.2 Å². The zero-order valence-electron chi connectivity index (χ0n) is 23.9. The van der Waals surface area contributed by atoms with E-state index in [0.29, 0.717) is 55.4 Å². The summed E-state index contributed by atoms with van der Waals surface area (Å²) in [5, 5.41) is 11.5. The molecule has 0 radical (unpaired) electrons. The first-order chi connectivity index (χ1) is 19.8. The lowest BCUT2D eigenvalue weighted by Gasteiger charge is -2.27. The Balaban J connectivity index is 1.56. The summed E-state index contributed by atoms with van der Waals surface area (Å²) in [7, 11) is 3.82. The van der Waals surface area contributed by atoms with Crippen molar-refractivity contribution in [3.05, 3.63) is 94.6 Å². The third-order valence-electron chi connectivity index (χ3n) is 7.32. The van der Waals surface area contributed by atoms with Crippen molar-refractivity contribution in [2.24, 2.45) is 0 Å². The predicted octanol–water partition coefficient (Wildman–Crippen LogP) is 4.97. The normalized spacial score (nSPS) is 19.4. The monoisotopic (exact) mass is 556 g/mol. The van der Waals surface area contributed by atoms with Crippen molar-refractivity contribution >= 4 is 17.4 Å². The number of aliphatic hydroxyl groups excluding tert-OH is 1. The topological polar surface area (TPSA) is 88.5 Å². The summed E-state index contributed by atoms with van der Waals surface area (Å²) < 4.78 is 17.8. The molecule has 2 heterocycles. The summed E-state index contributed by atoms with van der Waals surface area (Å²) >= 11 is 0. The highest BCUT2D eigenvalue weighted by atomic mass is 16.5. The van der Waals surface area contributed by atoms with Crippen LogP contribution in [0.5, 0.6) is 17.2 Å². The molecular weight excluding hydrogens is 520 g/mol. The molecule has 2 aliphatic heterocycles. The van der Waals surface area contributed by atoms with Crippen molar-refractivity contribution in [2.75, 3.05) is 33.8 Å². The third-order valence-corrected chi connectivity index (χ3v) is 7.32. The maximum absolute atomic E-state index is 13.5. The Labute approximate surface area is 240 Å². The highest BCUT2D eigenvalue weighted by Crippen LogP contribution is 2.43. The van der Waals surface area contributed by atoms with Crippen LogP contribution in [0, 0.1) is 0 Å². The van der Waals surface area contributed by atoms with Crippen LogP contribution in [0.15, 0.2) is 72.3 Å². The molecule has 0 spiro atoms. The van der Waals surface area contributed by atoms with Gasteiger partial charge in [-0.2, -0.15) is 0 Å². The molecule has 3 aromatic carbocycles. The fourth-order valence-electron chi connectivity index (χ4n) is 5.31. The number of likely N-dealkylation sites (tertiary alicyclic amines) is 1. The number of benzene rings is 3. The van der Waals surface area contributed by atoms with Gasteiger partial charge >= 0.3 is 0 Å². The van der Waals surface area contributed by atoms with Crippen molar-refractivity contribution < 1.29 is 28.9 Å². The zero-order valence-corrected chi connectivity index (χ0v) is 23.9. The number of hydrogen-bond acceptors (Lipinski definition) is 7. The van der Waals surface area contributed by atoms with Crippen LogP contribution < -0.4 is 14.2 Å². The number of ether oxygens (including phenoxy) is 3. The lowest BCUT2D eigenvalue weighted by molar-refractivity contribution is -0.140. The maximum atomic E-state index is 13.5. The van der Waals surface area contributed by atoms with Gasteiger partial charge in [0.15, 0.2) is 11.5 Å². The van der Waals surface area contributed by atoms with Crippen molar-refractivity contribution in [1.29, 1.82) is 0 Å². The second kappa shape index (κ2) is 12.1. The number of carbonyl (C=O) groups is 2. The standard InChI is InChI=1S/C33H36N2O6/c1-5-39-28-19-23(11-14-27(28)40-20-22-9-7-6-8-10-22)30-29(32(37)33(38)35(30)16-15-34(3)4)31(36)24-12-13-26-25(18-24)17-21(2)41-26/h6-14,18-19,21,30,36H,5,15-17,20H2,1-4H3/b31-29+/t21-,30+/m0/s1. The Hall–Kier alpha value is -4.30. The summed E-state index contributed by atoms with van der Waals surface area (Å²) in [5.74, 6) is 0.271. The lowest BCUT2D eigenvalue weighted by atomic mass is 9.94. The van der Waals surface area contributed by atoms with Crippen molar-refractivity contribution in [3.63, 3.8) is 0 Å². The fraction of sp³-hybridized carbons (Fsp3) is 0.333. The van der Waals surface area contributed by atoms with Crippen LogP contribution in [0.25, 0.3) is 5.76 Å². The summed E-state index contributed by atoms with van der Waals surface area (Å²) in [4.78, 5) is 30.3. The molecule has 2 atom stereocenters. The molecule has 2 aliphatic rings. The summed E-state index contributed by atoms with van der Waals surface area (Å²) in [6.45, 7) is 5.50. The van der Waals surface area contributed by atoms with Crippen LogP contribution in [0.3, 0.4) is 0 Å². The van der Waals surface area contributed by atoms with E-state index in [0.717, 1.165) is 16.9 Å². The molecule has 1 fully saturated rings. The van der Waals surface area contributed by atoms with Crippen molar-refractivity contribution in [1.82, 2.24) is 9.80 Å². The van der Waals surface area contributed by atoms with E-state index in [-0.39, 0.29) is 17.4 Å². The van der Waals surface area contributed by atoms with Crippen LogP contribution in [0.4, 0.5) is 0 Å². The van der Waals surface area contributed by atoms with Gasteiger partial charge in [-0.3, -0.25) is 9.59 Å². The zero-order chi connectivity index (χ0) is 29.1. The molecule has 8 heteroatoms. The van der Waals surface area contributed by atoms with E-state index in [1.54, 1.807) is 24.3 Å². The van der Waals surface area contributed by atoms with E-state index in [1.165, 1.54) is 4.90 Å². The van der Waals surface area contributed by atoms with Crippen molar-refractivity contribution in [2.45, 2.75) is 39.0 Å². The minimum atomic E-state index is -0.791. The van der Waals surface area contributed by atoms with Gasteiger partial charge in [-0.1, -0.05) is 36.4 Å². The Morgan fingerprint density at radius 3 is 2.54 bits per heavy atom. The van der Waals surface area contributed by atoms with Crippen LogP contribution in [-0.4, -0.2) is 66.5 Å². The SMILES string of the molecule is CCOc1cc([C@@H]2/C(=C(\O)c3ccc4c(c3)C[C@H](C)O4)C(=O)C(=O)N2CCN(C)C)ccc1OCc1ccccc1. The second-order valence-corrected chi connectivity index (χ2v) is 10.7. The van der Waals surface area contributed by atoms with Crippen molar-refractivity contribution in [3.8, 4) is 17.2 Å². The van der Waals surface area contributed by atoms with E-state index in [4.69, 9.17) is 14.2 Å². The Kier molecular flexibility index (Phi) is 8.31. The summed E-state index contributed by atoms with van der Waals surface area (Å²) in [6.07, 6.45) is 0.748. The first-order valence-electron chi connectivity index (χ1n) is 13.9. The van der Waals surface area contributed by atoms with Gasteiger partial charge in [0.25, 0.3) is 11.7 Å². The molecule has 0 saturated carbocycles. The highest BCUT2D eigenvalue weighted by molar-refractivity contribution is 6.46. The van der Waals surface area contributed by atoms with Crippen LogP contribution in [0.2, 0.25) is 0 Å². The number of ketones is 1. The Morgan fingerprint density at radius 2 is 1.80 bits per heavy atom. The lowest BCUT2D eigenvalue weighted by Crippen LogP contribution is -2.35. The van der Waals surface area contributed by atoms with Gasteiger partial charge in [-0.25, -0.2) is 0 Å². The molecule has 0 unspecified atom stereocenters. The molecule has 8 nitrogen and oxygen atoms in total. The number of Topliss-reactive ketones (excluding diaryl/α,β-unsaturated/α-hetero) is 1. The Bertz CT molecular complexity index is 1470. The minimum absolute atomic E-state index is 0.0404. The molecule has 0 aliphatic carbocycles. The average molecular weight is 557 g/mol. The number of fused-ring (bicyclic) bond motifs is 1. The molecule has 214 valence electrons. The number of hydrogen-bond donors (Lipinski definition) is 1. The fourth-order valence-corrected chi connectivity index (χ4v) is 5.31. The van der Waals surface area contributed by atoms with Crippen LogP contribution >= 0.6 is 0 Å². The van der Waals surface area contributed by atoms with Gasteiger partial charge < -0.3 is 29.1 Å². The molecule has 1 saturated heterocycles. The van der Waals surface area contributed by atoms with E-state index in [9.17, 15) is 14.7 Å². The first-order valence-corrected chi connectivity index (χ1v) is 13.9. The Morgan fingerprint density at radius 1 is 1.02 bits per heavy atom. The number of amides is 1. The second-order valence-electron chi connectivity index (χ2n) is 10.7. The maximum Gasteiger partial charge on any atom is 0.295 e. The number of carbonyl (C=O) groups excluding carboxylic acids is 2. The molecule has 5 rings (SSSR count). The van der Waals surface area contributed by atoms with E-state index < -0.39 is 17.7 Å². The summed E-state index contributed by atoms with van der Waals surface area (Å²) in [6, 6.07) is 19.8. The molecule has 1 amide bonds. The molecule has 3 aromatic rings. The molecule has 41 heavy (non-hydrogen) atoms. The van der Waals surface area contributed by atoms with Gasteiger partial charge in [-0.05, 0) is 75.0 Å². The molecule has 0 bridgehead atoms. The van der Waals surface area contributed by atoms with Gasteiger partial charge in [0, 0.05) is 25.1 Å². The van der Waals surface area contributed by atoms with Gasteiger partial charge in [-0.15, -0.1) is 0 Å². The number of aliphatic hydroxyl groups is 1. The number of likely N-dealkylation sites (N-methyl/N-ethyl adjacent to an activating group) is 1. The molecular formula is C33H36N2O6. The third kappa shape index (κ3) is 5.93. The van der Waals surface area contributed by atoms with E-state index >= 15 is 0 Å². The molecule has 1 N–H and O–H groups in total. The average Bonchev–Trinajstić information content (AvgIpc) is 3.46. The van der Waals surface area contributed by atoms with Gasteiger partial charge in [0.1, 0.15) is 24.2 Å².